The minimum absolute atomic E-state index is 0.258. The van der Waals surface area contributed by atoms with Gasteiger partial charge in [-0.05, 0) is 6.92 Å². The van der Waals surface area contributed by atoms with Crippen LogP contribution in [0.1, 0.15) is 6.92 Å². The van der Waals surface area contributed by atoms with E-state index in [2.05, 4.69) is 20.7 Å². The van der Waals surface area contributed by atoms with Gasteiger partial charge in [-0.15, -0.1) is 0 Å². The number of aromatic nitrogens is 2. The largest absolute Gasteiger partial charge is 0.361 e. The van der Waals surface area contributed by atoms with Crippen molar-refractivity contribution < 1.29 is 8.78 Å². The lowest BCUT2D eigenvalue weighted by atomic mass is 10.3. The van der Waals surface area contributed by atoms with E-state index in [4.69, 9.17) is 5.84 Å². The first-order chi connectivity index (χ1) is 6.63. The molecule has 0 aliphatic heterocycles. The molecule has 0 aromatic carbocycles. The van der Waals surface area contributed by atoms with Crippen molar-refractivity contribution in [3.63, 3.8) is 0 Å². The van der Waals surface area contributed by atoms with Gasteiger partial charge in [0.15, 0.2) is 5.82 Å². The zero-order chi connectivity index (χ0) is 10.6. The van der Waals surface area contributed by atoms with Crippen LogP contribution in [0.5, 0.6) is 0 Å². The fourth-order valence-corrected chi connectivity index (χ4v) is 0.801. The zero-order valence-corrected chi connectivity index (χ0v) is 7.54. The number of hydrogen-bond donors (Lipinski definition) is 3. The summed E-state index contributed by atoms with van der Waals surface area (Å²) in [5.41, 5.74) is 2.27. The summed E-state index contributed by atoms with van der Waals surface area (Å²) in [7, 11) is 0. The minimum atomic E-state index is -2.45. The average Bonchev–Trinajstić information content (AvgIpc) is 2.18. The van der Waals surface area contributed by atoms with Crippen LogP contribution in [0.3, 0.4) is 0 Å². The van der Waals surface area contributed by atoms with E-state index in [0.717, 1.165) is 0 Å². The van der Waals surface area contributed by atoms with Crippen molar-refractivity contribution in [2.24, 2.45) is 5.84 Å². The molecular formula is C7H11F2N5. The van der Waals surface area contributed by atoms with Gasteiger partial charge in [-0.3, -0.25) is 4.98 Å². The van der Waals surface area contributed by atoms with Gasteiger partial charge in [0.05, 0.1) is 18.4 Å². The Bertz CT molecular complexity index is 293. The molecule has 0 radical (unpaired) electrons. The van der Waals surface area contributed by atoms with Crippen LogP contribution >= 0.6 is 0 Å². The van der Waals surface area contributed by atoms with Crippen LogP contribution in [0.2, 0.25) is 0 Å². The Morgan fingerprint density at radius 3 is 2.57 bits per heavy atom. The Hall–Kier alpha value is -1.50. The Morgan fingerprint density at radius 1 is 1.36 bits per heavy atom. The summed E-state index contributed by atoms with van der Waals surface area (Å²) in [6, 6.07) is -0.975. The van der Waals surface area contributed by atoms with E-state index in [1.807, 2.05) is 0 Å². The van der Waals surface area contributed by atoms with Gasteiger partial charge in [-0.1, -0.05) is 0 Å². The molecule has 1 heterocycles. The molecule has 1 rings (SSSR count). The Kier molecular flexibility index (Phi) is 3.52. The van der Waals surface area contributed by atoms with E-state index in [0.29, 0.717) is 5.82 Å². The lowest BCUT2D eigenvalue weighted by Gasteiger charge is -2.13. The maximum absolute atomic E-state index is 12.1. The van der Waals surface area contributed by atoms with Crippen LogP contribution in [0.15, 0.2) is 12.4 Å². The van der Waals surface area contributed by atoms with Gasteiger partial charge in [0.25, 0.3) is 6.43 Å². The van der Waals surface area contributed by atoms with E-state index in [9.17, 15) is 8.78 Å². The molecule has 0 fully saturated rings. The van der Waals surface area contributed by atoms with Crippen molar-refractivity contribution in [1.82, 2.24) is 9.97 Å². The summed E-state index contributed by atoms with van der Waals surface area (Å²) in [4.78, 5) is 7.63. The fourth-order valence-electron chi connectivity index (χ4n) is 0.801. The van der Waals surface area contributed by atoms with Crippen LogP contribution in [0.4, 0.5) is 20.4 Å². The Morgan fingerprint density at radius 2 is 2.00 bits per heavy atom. The molecule has 0 saturated carbocycles. The molecule has 0 aliphatic rings. The number of hydrazine groups is 1. The maximum atomic E-state index is 12.1. The van der Waals surface area contributed by atoms with Crippen molar-refractivity contribution in [2.75, 3.05) is 10.7 Å². The molecule has 0 bridgehead atoms. The van der Waals surface area contributed by atoms with Gasteiger partial charge in [0.1, 0.15) is 5.82 Å². The average molecular weight is 203 g/mol. The van der Waals surface area contributed by atoms with Crippen molar-refractivity contribution in [1.29, 1.82) is 0 Å². The van der Waals surface area contributed by atoms with Gasteiger partial charge in [-0.2, -0.15) is 0 Å². The number of nitrogens with two attached hydrogens (primary N) is 1. The second-order valence-corrected chi connectivity index (χ2v) is 2.70. The smallest absolute Gasteiger partial charge is 0.258 e. The van der Waals surface area contributed by atoms with E-state index in [1.165, 1.54) is 19.3 Å². The highest BCUT2D eigenvalue weighted by Crippen LogP contribution is 2.10. The molecular weight excluding hydrogens is 192 g/mol. The first kappa shape index (κ1) is 10.6. The summed E-state index contributed by atoms with van der Waals surface area (Å²) in [6.45, 7) is 1.36. The fraction of sp³-hybridized carbons (Fsp3) is 0.429. The first-order valence-electron chi connectivity index (χ1n) is 3.97. The zero-order valence-electron chi connectivity index (χ0n) is 7.54. The van der Waals surface area contributed by atoms with Crippen molar-refractivity contribution in [3.8, 4) is 0 Å². The lowest BCUT2D eigenvalue weighted by molar-refractivity contribution is 0.130. The van der Waals surface area contributed by atoms with Gasteiger partial charge in [-0.25, -0.2) is 19.6 Å². The standard InChI is InChI=1S/C7H11F2N5/c1-4(7(8)9)12-5-2-11-3-6(13-5)14-10/h2-4,7H,10H2,1H3,(H2,12,13,14). The lowest BCUT2D eigenvalue weighted by Crippen LogP contribution is -2.24. The molecule has 1 unspecified atom stereocenters. The highest BCUT2D eigenvalue weighted by molar-refractivity contribution is 5.41. The molecule has 14 heavy (non-hydrogen) atoms. The monoisotopic (exact) mass is 203 g/mol. The van der Waals surface area contributed by atoms with Crippen LogP contribution in [-0.2, 0) is 0 Å². The van der Waals surface area contributed by atoms with Crippen molar-refractivity contribution in [2.45, 2.75) is 19.4 Å². The summed E-state index contributed by atoms with van der Waals surface area (Å²) >= 11 is 0. The van der Waals surface area contributed by atoms with Gasteiger partial charge < -0.3 is 10.7 Å². The number of alkyl halides is 2. The molecule has 1 aromatic heterocycles. The number of nitrogens with zero attached hydrogens (tertiary/aromatic N) is 2. The molecule has 4 N–H and O–H groups in total. The summed E-state index contributed by atoms with van der Waals surface area (Å²) < 4.78 is 24.3. The second kappa shape index (κ2) is 4.66. The quantitative estimate of drug-likeness (QED) is 0.499. The van der Waals surface area contributed by atoms with E-state index in [1.54, 1.807) is 0 Å². The van der Waals surface area contributed by atoms with Crippen LogP contribution in [-0.4, -0.2) is 22.4 Å². The van der Waals surface area contributed by atoms with E-state index in [-0.39, 0.29) is 5.82 Å². The molecule has 5 nitrogen and oxygen atoms in total. The third-order valence-electron chi connectivity index (χ3n) is 1.54. The first-order valence-corrected chi connectivity index (χ1v) is 3.97. The number of anilines is 2. The molecule has 1 aromatic rings. The summed E-state index contributed by atoms with van der Waals surface area (Å²) in [5, 5.41) is 2.50. The van der Waals surface area contributed by atoms with Crippen molar-refractivity contribution in [3.05, 3.63) is 12.4 Å². The third-order valence-corrected chi connectivity index (χ3v) is 1.54. The highest BCUT2D eigenvalue weighted by atomic mass is 19.3. The molecule has 0 aliphatic carbocycles. The molecule has 7 heteroatoms. The van der Waals surface area contributed by atoms with Gasteiger partial charge in [0, 0.05) is 0 Å². The Labute approximate surface area is 79.7 Å². The molecule has 1 atom stereocenters. The predicted octanol–water partition coefficient (Wildman–Crippen LogP) is 0.828. The number of rotatable bonds is 4. The van der Waals surface area contributed by atoms with E-state index >= 15 is 0 Å². The molecule has 78 valence electrons. The van der Waals surface area contributed by atoms with Crippen LogP contribution < -0.4 is 16.6 Å². The molecule has 0 spiro atoms. The number of nitrogen functional groups attached to an aromatic ring is 1. The number of halogens is 2. The summed E-state index contributed by atoms with van der Waals surface area (Å²) in [6.07, 6.45) is 0.282. The normalized spacial score (nSPS) is 12.6. The number of hydrogen-bond acceptors (Lipinski definition) is 5. The highest BCUT2D eigenvalue weighted by Gasteiger charge is 2.14. The van der Waals surface area contributed by atoms with Gasteiger partial charge >= 0.3 is 0 Å². The maximum Gasteiger partial charge on any atom is 0.258 e. The Balaban J connectivity index is 2.66. The topological polar surface area (TPSA) is 75.9 Å². The van der Waals surface area contributed by atoms with Crippen LogP contribution in [0, 0.1) is 0 Å². The van der Waals surface area contributed by atoms with E-state index < -0.39 is 12.5 Å². The molecule has 0 saturated heterocycles. The summed E-state index contributed by atoms with van der Waals surface area (Å²) in [5.74, 6) is 5.65. The van der Waals surface area contributed by atoms with Crippen molar-refractivity contribution >= 4 is 11.6 Å². The third kappa shape index (κ3) is 2.77. The number of nitrogens with one attached hydrogen (secondary N) is 2. The second-order valence-electron chi connectivity index (χ2n) is 2.70. The molecule has 0 amide bonds. The van der Waals surface area contributed by atoms with Crippen LogP contribution in [0.25, 0.3) is 0 Å². The van der Waals surface area contributed by atoms with Gasteiger partial charge in [0.2, 0.25) is 0 Å². The minimum Gasteiger partial charge on any atom is -0.361 e. The predicted molar refractivity (Wildman–Crippen MR) is 48.9 cm³/mol. The SMILES string of the molecule is CC(Nc1cncc(NN)n1)C(F)F.